The fourth-order valence-corrected chi connectivity index (χ4v) is 3.70. The minimum absolute atomic E-state index is 0.0273. The van der Waals surface area contributed by atoms with E-state index in [1.54, 1.807) is 28.7 Å². The number of aryl methyl sites for hydroxylation is 1. The van der Waals surface area contributed by atoms with Crippen molar-refractivity contribution in [1.29, 1.82) is 0 Å². The van der Waals surface area contributed by atoms with E-state index in [9.17, 15) is 9.59 Å². The topological polar surface area (TPSA) is 69.4 Å². The van der Waals surface area contributed by atoms with Gasteiger partial charge in [0, 0.05) is 31.6 Å². The second-order valence-electron chi connectivity index (χ2n) is 7.22. The van der Waals surface area contributed by atoms with Gasteiger partial charge in [0.25, 0.3) is 5.91 Å². The third kappa shape index (κ3) is 3.81. The largest absolute Gasteiger partial charge is 0.497 e. The molecule has 0 radical (unpaired) electrons. The van der Waals surface area contributed by atoms with E-state index in [0.29, 0.717) is 38.2 Å². The van der Waals surface area contributed by atoms with Crippen molar-refractivity contribution in [3.05, 3.63) is 81.5 Å². The highest BCUT2D eigenvalue weighted by Crippen LogP contribution is 2.19. The standard InChI is InChI=1S/C22H24N4O3/c1-16-14-18(29-2)8-9-19(16)21(27)24-11-10-20-23-26(22(28)25(20)13-12-24)15-17-6-4-3-5-7-17/h3-9,14H,10-13,15H2,1-2H3. The highest BCUT2D eigenvalue weighted by molar-refractivity contribution is 5.95. The number of rotatable bonds is 4. The van der Waals surface area contributed by atoms with Gasteiger partial charge < -0.3 is 9.64 Å². The van der Waals surface area contributed by atoms with Crippen LogP contribution in [0.3, 0.4) is 0 Å². The van der Waals surface area contributed by atoms with Crippen molar-refractivity contribution in [3.63, 3.8) is 0 Å². The summed E-state index contributed by atoms with van der Waals surface area (Å²) in [5.74, 6) is 1.43. The summed E-state index contributed by atoms with van der Waals surface area (Å²) in [6.45, 7) is 3.82. The number of fused-ring (bicyclic) bond motifs is 1. The quantitative estimate of drug-likeness (QED) is 0.682. The summed E-state index contributed by atoms with van der Waals surface area (Å²) in [5.41, 5.74) is 2.45. The van der Waals surface area contributed by atoms with E-state index in [0.717, 1.165) is 22.7 Å². The van der Waals surface area contributed by atoms with Crippen LogP contribution in [0.2, 0.25) is 0 Å². The lowest BCUT2D eigenvalue weighted by atomic mass is 10.1. The van der Waals surface area contributed by atoms with E-state index in [1.807, 2.05) is 43.3 Å². The third-order valence-corrected chi connectivity index (χ3v) is 5.32. The molecule has 3 aromatic rings. The second kappa shape index (κ2) is 7.95. The molecule has 1 aliphatic heterocycles. The van der Waals surface area contributed by atoms with Crippen molar-refractivity contribution >= 4 is 5.91 Å². The van der Waals surface area contributed by atoms with Crippen molar-refractivity contribution in [2.75, 3.05) is 20.2 Å². The smallest absolute Gasteiger partial charge is 0.346 e. The Morgan fingerprint density at radius 3 is 2.62 bits per heavy atom. The molecular weight excluding hydrogens is 368 g/mol. The summed E-state index contributed by atoms with van der Waals surface area (Å²) in [6, 6.07) is 15.3. The van der Waals surface area contributed by atoms with Crippen LogP contribution in [0.5, 0.6) is 5.75 Å². The molecule has 0 spiro atoms. The van der Waals surface area contributed by atoms with E-state index in [4.69, 9.17) is 4.74 Å². The van der Waals surface area contributed by atoms with Gasteiger partial charge in [-0.15, -0.1) is 0 Å². The van der Waals surface area contributed by atoms with Gasteiger partial charge >= 0.3 is 5.69 Å². The summed E-state index contributed by atoms with van der Waals surface area (Å²) < 4.78 is 8.42. The number of amides is 1. The molecule has 1 aromatic heterocycles. The fourth-order valence-electron chi connectivity index (χ4n) is 3.70. The number of carbonyl (C=O) groups is 1. The van der Waals surface area contributed by atoms with Crippen molar-refractivity contribution in [1.82, 2.24) is 19.2 Å². The first kappa shape index (κ1) is 19.0. The number of hydrogen-bond acceptors (Lipinski definition) is 4. The zero-order valence-corrected chi connectivity index (χ0v) is 16.7. The van der Waals surface area contributed by atoms with Gasteiger partial charge in [-0.2, -0.15) is 5.10 Å². The van der Waals surface area contributed by atoms with Crippen LogP contribution >= 0.6 is 0 Å². The monoisotopic (exact) mass is 392 g/mol. The maximum atomic E-state index is 13.0. The van der Waals surface area contributed by atoms with Gasteiger partial charge in [-0.25, -0.2) is 9.48 Å². The van der Waals surface area contributed by atoms with E-state index in [1.165, 1.54) is 4.68 Å². The van der Waals surface area contributed by atoms with Gasteiger partial charge in [0.05, 0.1) is 13.7 Å². The van der Waals surface area contributed by atoms with Crippen molar-refractivity contribution < 1.29 is 9.53 Å². The summed E-state index contributed by atoms with van der Waals surface area (Å²) in [5, 5.41) is 4.52. The van der Waals surface area contributed by atoms with Crippen LogP contribution in [-0.4, -0.2) is 45.4 Å². The van der Waals surface area contributed by atoms with Gasteiger partial charge in [0.15, 0.2) is 0 Å². The number of benzene rings is 2. The number of hydrogen-bond donors (Lipinski definition) is 0. The second-order valence-corrected chi connectivity index (χ2v) is 7.22. The van der Waals surface area contributed by atoms with Crippen LogP contribution in [0.4, 0.5) is 0 Å². The van der Waals surface area contributed by atoms with Crippen LogP contribution < -0.4 is 10.4 Å². The minimum atomic E-state index is -0.126. The van der Waals surface area contributed by atoms with Gasteiger partial charge in [0.1, 0.15) is 11.6 Å². The molecule has 1 amide bonds. The first-order chi connectivity index (χ1) is 14.1. The molecule has 2 aromatic carbocycles. The molecule has 7 nitrogen and oxygen atoms in total. The van der Waals surface area contributed by atoms with Crippen LogP contribution in [0.15, 0.2) is 53.3 Å². The molecule has 0 bridgehead atoms. The Labute approximate surface area is 169 Å². The van der Waals surface area contributed by atoms with Gasteiger partial charge in [0.2, 0.25) is 0 Å². The predicted octanol–water partition coefficient (Wildman–Crippen LogP) is 2.11. The minimum Gasteiger partial charge on any atom is -0.497 e. The molecule has 150 valence electrons. The van der Waals surface area contributed by atoms with E-state index >= 15 is 0 Å². The molecule has 4 rings (SSSR count). The summed E-state index contributed by atoms with van der Waals surface area (Å²) in [7, 11) is 1.61. The molecule has 2 heterocycles. The number of carbonyl (C=O) groups excluding carboxylic acids is 1. The SMILES string of the molecule is COc1ccc(C(=O)N2CCc3nn(Cc4ccccc4)c(=O)n3CC2)c(C)c1. The number of aromatic nitrogens is 3. The zero-order chi connectivity index (χ0) is 20.4. The normalized spacial score (nSPS) is 13.7. The highest BCUT2D eigenvalue weighted by atomic mass is 16.5. The number of ether oxygens (including phenoxy) is 1. The Hall–Kier alpha value is -3.35. The average Bonchev–Trinajstić information content (AvgIpc) is 2.90. The van der Waals surface area contributed by atoms with Gasteiger partial charge in [-0.3, -0.25) is 9.36 Å². The lowest BCUT2D eigenvalue weighted by Gasteiger charge is -2.21. The molecule has 0 atom stereocenters. The Bertz CT molecular complexity index is 1090. The maximum Gasteiger partial charge on any atom is 0.346 e. The molecular formula is C22H24N4O3. The Morgan fingerprint density at radius 2 is 1.90 bits per heavy atom. The number of nitrogens with zero attached hydrogens (tertiary/aromatic N) is 4. The van der Waals surface area contributed by atoms with E-state index < -0.39 is 0 Å². The summed E-state index contributed by atoms with van der Waals surface area (Å²) >= 11 is 0. The Kier molecular flexibility index (Phi) is 5.20. The van der Waals surface area contributed by atoms with Crippen molar-refractivity contribution in [3.8, 4) is 5.75 Å². The molecule has 0 N–H and O–H groups in total. The van der Waals surface area contributed by atoms with E-state index in [-0.39, 0.29) is 11.6 Å². The predicted molar refractivity (Wildman–Crippen MR) is 109 cm³/mol. The average molecular weight is 392 g/mol. The maximum absolute atomic E-state index is 13.0. The molecule has 0 saturated heterocycles. The summed E-state index contributed by atoms with van der Waals surface area (Å²) in [4.78, 5) is 27.6. The van der Waals surface area contributed by atoms with Gasteiger partial charge in [-0.1, -0.05) is 30.3 Å². The van der Waals surface area contributed by atoms with Crippen molar-refractivity contribution in [2.45, 2.75) is 26.4 Å². The highest BCUT2D eigenvalue weighted by Gasteiger charge is 2.24. The summed E-state index contributed by atoms with van der Waals surface area (Å²) in [6.07, 6.45) is 0.554. The fraction of sp³-hybridized carbons (Fsp3) is 0.318. The molecule has 7 heteroatoms. The van der Waals surface area contributed by atoms with Crippen molar-refractivity contribution in [2.24, 2.45) is 0 Å². The molecule has 0 aliphatic carbocycles. The van der Waals surface area contributed by atoms with Gasteiger partial charge in [-0.05, 0) is 36.2 Å². The van der Waals surface area contributed by atoms with E-state index in [2.05, 4.69) is 5.10 Å². The van der Waals surface area contributed by atoms with Crippen LogP contribution in [-0.2, 0) is 19.5 Å². The molecule has 0 unspecified atom stereocenters. The molecule has 0 saturated carbocycles. The zero-order valence-electron chi connectivity index (χ0n) is 16.7. The van der Waals surface area contributed by atoms with Crippen LogP contribution in [0, 0.1) is 6.92 Å². The molecule has 1 aliphatic rings. The first-order valence-corrected chi connectivity index (χ1v) is 9.71. The lowest BCUT2D eigenvalue weighted by molar-refractivity contribution is 0.0757. The molecule has 29 heavy (non-hydrogen) atoms. The molecule has 0 fully saturated rings. The number of methoxy groups -OCH3 is 1. The Balaban J connectivity index is 1.50. The lowest BCUT2D eigenvalue weighted by Crippen LogP contribution is -2.35. The van der Waals surface area contributed by atoms with Crippen LogP contribution in [0.25, 0.3) is 0 Å². The Morgan fingerprint density at radius 1 is 1.10 bits per heavy atom. The third-order valence-electron chi connectivity index (χ3n) is 5.32. The van der Waals surface area contributed by atoms with Crippen LogP contribution in [0.1, 0.15) is 27.3 Å². The first-order valence-electron chi connectivity index (χ1n) is 9.71.